The molecule has 130 valence electrons. The smallest absolute Gasteiger partial charge is 0.110 e. The van der Waals surface area contributed by atoms with Crippen LogP contribution in [0.2, 0.25) is 0 Å². The molecular weight excluding hydrogens is 298 g/mol. The number of rotatable bonds is 6. The molecule has 1 saturated heterocycles. The second kappa shape index (κ2) is 7.49. The van der Waals surface area contributed by atoms with Gasteiger partial charge >= 0.3 is 0 Å². The van der Waals surface area contributed by atoms with Crippen molar-refractivity contribution < 1.29 is 5.11 Å². The SMILES string of the molecule is CC(C)(O)CCc1ccc(CN2CCCC(c3ncc[nH]3)C2)cc1. The third kappa shape index (κ3) is 4.92. The first kappa shape index (κ1) is 17.2. The highest BCUT2D eigenvalue weighted by Crippen LogP contribution is 2.25. The molecule has 1 aromatic carbocycles. The van der Waals surface area contributed by atoms with Gasteiger partial charge in [0.1, 0.15) is 5.82 Å². The molecule has 3 rings (SSSR count). The van der Waals surface area contributed by atoms with Crippen molar-refractivity contribution in [2.24, 2.45) is 0 Å². The van der Waals surface area contributed by atoms with E-state index in [0.717, 1.165) is 38.3 Å². The number of aryl methyl sites for hydroxylation is 1. The lowest BCUT2D eigenvalue weighted by Gasteiger charge is -2.31. The molecule has 1 unspecified atom stereocenters. The Morgan fingerprint density at radius 1 is 1.25 bits per heavy atom. The van der Waals surface area contributed by atoms with Crippen molar-refractivity contribution in [2.45, 2.75) is 57.6 Å². The number of hydrogen-bond donors (Lipinski definition) is 2. The van der Waals surface area contributed by atoms with Crippen molar-refractivity contribution in [1.29, 1.82) is 0 Å². The molecule has 0 saturated carbocycles. The van der Waals surface area contributed by atoms with Crippen LogP contribution in [0.4, 0.5) is 0 Å². The zero-order chi connectivity index (χ0) is 17.0. The third-order valence-electron chi connectivity index (χ3n) is 4.87. The summed E-state index contributed by atoms with van der Waals surface area (Å²) in [6, 6.07) is 8.87. The molecule has 0 spiro atoms. The number of piperidine rings is 1. The standard InChI is InChI=1S/C20H29N3O/c1-20(2,24)10-9-16-5-7-17(8-6-16)14-23-13-3-4-18(15-23)19-21-11-12-22-19/h5-8,11-12,18,24H,3-4,9-10,13-15H2,1-2H3,(H,21,22). The molecule has 0 radical (unpaired) electrons. The molecule has 4 nitrogen and oxygen atoms in total. The Kier molecular flexibility index (Phi) is 5.36. The van der Waals surface area contributed by atoms with E-state index in [0.29, 0.717) is 5.92 Å². The lowest BCUT2D eigenvalue weighted by Crippen LogP contribution is -2.34. The molecular formula is C20H29N3O. The number of nitrogens with one attached hydrogen (secondary N) is 1. The topological polar surface area (TPSA) is 52.1 Å². The van der Waals surface area contributed by atoms with E-state index < -0.39 is 5.60 Å². The van der Waals surface area contributed by atoms with Crippen molar-refractivity contribution >= 4 is 0 Å². The minimum atomic E-state index is -0.590. The first-order chi connectivity index (χ1) is 11.5. The normalized spacial score (nSPS) is 19.5. The number of H-pyrrole nitrogens is 1. The van der Waals surface area contributed by atoms with Crippen molar-refractivity contribution in [3.63, 3.8) is 0 Å². The average Bonchev–Trinajstić information content (AvgIpc) is 3.08. The molecule has 0 bridgehead atoms. The van der Waals surface area contributed by atoms with Crippen LogP contribution in [0, 0.1) is 0 Å². The predicted octanol–water partition coefficient (Wildman–Crippen LogP) is 3.49. The Balaban J connectivity index is 1.54. The van der Waals surface area contributed by atoms with Crippen LogP contribution in [-0.4, -0.2) is 38.7 Å². The summed E-state index contributed by atoms with van der Waals surface area (Å²) in [5, 5.41) is 9.84. The van der Waals surface area contributed by atoms with E-state index in [1.54, 1.807) is 0 Å². The van der Waals surface area contributed by atoms with Gasteiger partial charge in [0, 0.05) is 31.4 Å². The summed E-state index contributed by atoms with van der Waals surface area (Å²) in [5.41, 5.74) is 2.07. The summed E-state index contributed by atoms with van der Waals surface area (Å²) in [6.45, 7) is 6.98. The van der Waals surface area contributed by atoms with Crippen LogP contribution in [0.1, 0.15) is 56.0 Å². The Labute approximate surface area is 144 Å². The van der Waals surface area contributed by atoms with Crippen LogP contribution in [-0.2, 0) is 13.0 Å². The number of benzene rings is 1. The van der Waals surface area contributed by atoms with Crippen LogP contribution in [0.5, 0.6) is 0 Å². The first-order valence-electron chi connectivity index (χ1n) is 9.01. The van der Waals surface area contributed by atoms with Crippen molar-refractivity contribution in [3.8, 4) is 0 Å². The van der Waals surface area contributed by atoms with E-state index in [1.807, 2.05) is 26.2 Å². The first-order valence-corrected chi connectivity index (χ1v) is 9.01. The van der Waals surface area contributed by atoms with Crippen LogP contribution in [0.15, 0.2) is 36.7 Å². The Morgan fingerprint density at radius 3 is 2.67 bits per heavy atom. The van der Waals surface area contributed by atoms with Crippen LogP contribution >= 0.6 is 0 Å². The predicted molar refractivity (Wildman–Crippen MR) is 96.9 cm³/mol. The van der Waals surface area contributed by atoms with E-state index in [4.69, 9.17) is 0 Å². The number of aliphatic hydroxyl groups is 1. The van der Waals surface area contributed by atoms with Gasteiger partial charge in [0.25, 0.3) is 0 Å². The molecule has 2 aromatic rings. The zero-order valence-electron chi connectivity index (χ0n) is 14.8. The Bertz CT molecular complexity index is 613. The summed E-state index contributed by atoms with van der Waals surface area (Å²) in [5.74, 6) is 1.65. The van der Waals surface area contributed by atoms with Gasteiger partial charge < -0.3 is 10.1 Å². The number of likely N-dealkylation sites (tertiary alicyclic amines) is 1. The molecule has 1 aliphatic heterocycles. The minimum Gasteiger partial charge on any atom is -0.390 e. The fraction of sp³-hybridized carbons (Fsp3) is 0.550. The number of hydrogen-bond acceptors (Lipinski definition) is 3. The number of imidazole rings is 1. The van der Waals surface area contributed by atoms with Gasteiger partial charge in [-0.15, -0.1) is 0 Å². The van der Waals surface area contributed by atoms with E-state index in [9.17, 15) is 5.11 Å². The number of aromatic nitrogens is 2. The second-order valence-electron chi connectivity index (χ2n) is 7.68. The molecule has 1 aliphatic rings. The summed E-state index contributed by atoms with van der Waals surface area (Å²) in [4.78, 5) is 10.2. The van der Waals surface area contributed by atoms with Crippen molar-refractivity contribution in [2.75, 3.05) is 13.1 Å². The Morgan fingerprint density at radius 2 is 2.00 bits per heavy atom. The van der Waals surface area contributed by atoms with Gasteiger partial charge in [0.05, 0.1) is 5.60 Å². The van der Waals surface area contributed by atoms with Crippen LogP contribution < -0.4 is 0 Å². The molecule has 0 aliphatic carbocycles. The molecule has 2 heterocycles. The van der Waals surface area contributed by atoms with E-state index in [-0.39, 0.29) is 0 Å². The minimum absolute atomic E-state index is 0.528. The monoisotopic (exact) mass is 327 g/mol. The summed E-state index contributed by atoms with van der Waals surface area (Å²) < 4.78 is 0. The maximum absolute atomic E-state index is 9.84. The molecule has 2 N–H and O–H groups in total. The summed E-state index contributed by atoms with van der Waals surface area (Å²) in [6.07, 6.45) is 7.94. The highest BCUT2D eigenvalue weighted by molar-refractivity contribution is 5.23. The Hall–Kier alpha value is -1.65. The van der Waals surface area contributed by atoms with E-state index in [2.05, 4.69) is 39.1 Å². The van der Waals surface area contributed by atoms with Gasteiger partial charge in [-0.2, -0.15) is 0 Å². The molecule has 1 aromatic heterocycles. The van der Waals surface area contributed by atoms with Gasteiger partial charge in [-0.05, 0) is 57.2 Å². The highest BCUT2D eigenvalue weighted by atomic mass is 16.3. The van der Waals surface area contributed by atoms with Gasteiger partial charge in [-0.1, -0.05) is 24.3 Å². The van der Waals surface area contributed by atoms with Gasteiger partial charge in [0.15, 0.2) is 0 Å². The largest absolute Gasteiger partial charge is 0.390 e. The quantitative estimate of drug-likeness (QED) is 0.854. The fourth-order valence-electron chi connectivity index (χ4n) is 3.44. The van der Waals surface area contributed by atoms with Crippen LogP contribution in [0.3, 0.4) is 0 Å². The second-order valence-corrected chi connectivity index (χ2v) is 7.68. The fourth-order valence-corrected chi connectivity index (χ4v) is 3.44. The van der Waals surface area contributed by atoms with Crippen molar-refractivity contribution in [1.82, 2.24) is 14.9 Å². The van der Waals surface area contributed by atoms with Gasteiger partial charge in [0.2, 0.25) is 0 Å². The molecule has 24 heavy (non-hydrogen) atoms. The maximum atomic E-state index is 9.84. The van der Waals surface area contributed by atoms with E-state index in [1.165, 1.54) is 24.0 Å². The lowest BCUT2D eigenvalue weighted by molar-refractivity contribution is 0.0714. The lowest BCUT2D eigenvalue weighted by atomic mass is 9.96. The van der Waals surface area contributed by atoms with Gasteiger partial charge in [-0.25, -0.2) is 4.98 Å². The average molecular weight is 327 g/mol. The van der Waals surface area contributed by atoms with Crippen molar-refractivity contribution in [3.05, 3.63) is 53.6 Å². The third-order valence-corrected chi connectivity index (χ3v) is 4.87. The molecule has 0 amide bonds. The zero-order valence-corrected chi connectivity index (χ0v) is 14.8. The van der Waals surface area contributed by atoms with Gasteiger partial charge in [-0.3, -0.25) is 4.90 Å². The summed E-state index contributed by atoms with van der Waals surface area (Å²) >= 11 is 0. The molecule has 1 atom stereocenters. The van der Waals surface area contributed by atoms with Crippen LogP contribution in [0.25, 0.3) is 0 Å². The van der Waals surface area contributed by atoms with E-state index >= 15 is 0 Å². The summed E-state index contributed by atoms with van der Waals surface area (Å²) in [7, 11) is 0. The molecule has 1 fully saturated rings. The number of aromatic amines is 1. The number of nitrogens with zero attached hydrogens (tertiary/aromatic N) is 2. The highest BCUT2D eigenvalue weighted by Gasteiger charge is 2.22. The maximum Gasteiger partial charge on any atom is 0.110 e. The molecule has 4 heteroatoms.